The molecule has 12 heteroatoms. The first-order valence-corrected chi connectivity index (χ1v) is 11.4. The van der Waals surface area contributed by atoms with Crippen molar-refractivity contribution in [1.82, 2.24) is 20.1 Å². The minimum absolute atomic E-state index is 0.0571. The van der Waals surface area contributed by atoms with E-state index in [1.165, 1.54) is 6.33 Å². The lowest BCUT2D eigenvalue weighted by Gasteiger charge is -2.13. The molecule has 2 aromatic carbocycles. The molecule has 0 aliphatic carbocycles. The van der Waals surface area contributed by atoms with Crippen LogP contribution in [0.25, 0.3) is 16.9 Å². The highest BCUT2D eigenvalue weighted by Gasteiger charge is 2.20. The summed E-state index contributed by atoms with van der Waals surface area (Å²) in [5.41, 5.74) is 1.37. The maximum atomic E-state index is 6.14. The van der Waals surface area contributed by atoms with Gasteiger partial charge in [0, 0.05) is 34.3 Å². The Morgan fingerprint density at radius 2 is 1.78 bits per heavy atom. The molecule has 0 radical (unpaired) electrons. The van der Waals surface area contributed by atoms with Crippen molar-refractivity contribution in [3.05, 3.63) is 77.1 Å². The third-order valence-corrected chi connectivity index (χ3v) is 5.91. The van der Waals surface area contributed by atoms with Crippen molar-refractivity contribution >= 4 is 45.6 Å². The van der Waals surface area contributed by atoms with Crippen LogP contribution in [0, 0.1) is 0 Å². The third-order valence-electron chi connectivity index (χ3n) is 5.17. The highest BCUT2D eigenvalue weighted by atomic mass is 35.5. The number of rotatable bonds is 8. The van der Waals surface area contributed by atoms with Gasteiger partial charge < -0.3 is 19.5 Å². The van der Waals surface area contributed by atoms with Gasteiger partial charge in [-0.05, 0) is 29.4 Å². The Hall–Kier alpha value is -4.15. The molecule has 0 saturated carbocycles. The molecule has 0 atom stereocenters. The van der Waals surface area contributed by atoms with Crippen molar-refractivity contribution in [2.24, 2.45) is 0 Å². The van der Waals surface area contributed by atoms with E-state index in [0.29, 0.717) is 44.7 Å². The lowest BCUT2D eigenvalue weighted by Crippen LogP contribution is -2.29. The van der Waals surface area contributed by atoms with Crippen molar-refractivity contribution in [3.63, 3.8) is 0 Å². The Kier molecular flexibility index (Phi) is 6.70. The smallest absolute Gasteiger partial charge is 0.496 e. The average Bonchev–Trinajstić information content (AvgIpc) is 3.38. The number of pyridine rings is 1. The summed E-state index contributed by atoms with van der Waals surface area (Å²) in [5, 5.41) is 8.85. The van der Waals surface area contributed by atoms with E-state index in [2.05, 4.69) is 25.4 Å². The quantitative estimate of drug-likeness (QED) is 0.282. The highest BCUT2D eigenvalue weighted by molar-refractivity contribution is 6.42. The van der Waals surface area contributed by atoms with E-state index in [9.17, 15) is 0 Å². The van der Waals surface area contributed by atoms with Crippen LogP contribution in [0.3, 0.4) is 0 Å². The van der Waals surface area contributed by atoms with E-state index in [-0.39, 0.29) is 6.61 Å². The summed E-state index contributed by atoms with van der Waals surface area (Å²) in [6, 6.07) is 12.6. The van der Waals surface area contributed by atoms with Crippen molar-refractivity contribution in [3.8, 4) is 23.3 Å². The van der Waals surface area contributed by atoms with E-state index >= 15 is 0 Å². The fraction of sp³-hybridized carbons (Fsp3) is 0.125. The molecule has 182 valence electrons. The first-order chi connectivity index (χ1) is 17.5. The lowest BCUT2D eigenvalue weighted by atomic mass is 10.2. The monoisotopic (exact) mass is 525 g/mol. The molecule has 36 heavy (non-hydrogen) atoms. The van der Waals surface area contributed by atoms with Gasteiger partial charge in [-0.1, -0.05) is 23.2 Å². The van der Waals surface area contributed by atoms with E-state index < -0.39 is 0 Å². The molecular weight excluding hydrogens is 507 g/mol. The molecule has 0 spiro atoms. The van der Waals surface area contributed by atoms with Gasteiger partial charge in [-0.15, -0.1) is 0 Å². The maximum absolute atomic E-state index is 6.14. The number of hydrogen-bond acceptors (Lipinski definition) is 9. The molecular formula is C24H19Cl2N6O4+. The first kappa shape index (κ1) is 23.6. The number of nitrogens with one attached hydrogen (secondary N) is 1. The minimum atomic E-state index is 0.0571. The van der Waals surface area contributed by atoms with Gasteiger partial charge in [0.25, 0.3) is 0 Å². The summed E-state index contributed by atoms with van der Waals surface area (Å²) in [5.74, 6) is 2.61. The number of nitrogens with zero attached hydrogens (tertiary/aromatic N) is 5. The summed E-state index contributed by atoms with van der Waals surface area (Å²) in [4.78, 5) is 13.1. The van der Waals surface area contributed by atoms with Gasteiger partial charge in [-0.3, -0.25) is 4.52 Å². The maximum Gasteiger partial charge on any atom is 0.531 e. The second kappa shape index (κ2) is 10.2. The molecule has 10 nitrogen and oxygen atoms in total. The Morgan fingerprint density at radius 1 is 0.944 bits per heavy atom. The number of benzene rings is 2. The summed E-state index contributed by atoms with van der Waals surface area (Å²) in [6.45, 7) is 0.0571. The van der Waals surface area contributed by atoms with Crippen LogP contribution in [-0.2, 0) is 6.61 Å². The standard InChI is InChI=1S/C24H19Cl2N6O4/c1-33-15-5-7-32(8-6-15)24-30-22(31-36-24)12-35-21-11-19-16(10-20(21)34-2)23(28-13-27-19)29-14-3-4-17(25)18(26)9-14/h3-11,13H,12H2,1-2H3,(H,27,28,29)/q+1. The van der Waals surface area contributed by atoms with Crippen molar-refractivity contribution in [2.75, 3.05) is 19.5 Å². The van der Waals surface area contributed by atoms with Gasteiger partial charge in [0.15, 0.2) is 18.1 Å². The number of halogens is 2. The van der Waals surface area contributed by atoms with Gasteiger partial charge in [0.05, 0.1) is 29.8 Å². The predicted molar refractivity (Wildman–Crippen MR) is 133 cm³/mol. The van der Waals surface area contributed by atoms with Crippen molar-refractivity contribution < 1.29 is 23.3 Å². The van der Waals surface area contributed by atoms with Gasteiger partial charge in [0.2, 0.25) is 0 Å². The Bertz CT molecular complexity index is 1530. The highest BCUT2D eigenvalue weighted by Crippen LogP contribution is 2.35. The van der Waals surface area contributed by atoms with Crippen LogP contribution in [-0.4, -0.2) is 34.3 Å². The Morgan fingerprint density at radius 3 is 2.53 bits per heavy atom. The topological polar surface area (TPSA) is 108 Å². The fourth-order valence-corrected chi connectivity index (χ4v) is 3.67. The van der Waals surface area contributed by atoms with Gasteiger partial charge in [0.1, 0.15) is 30.3 Å². The third kappa shape index (κ3) is 4.95. The summed E-state index contributed by atoms with van der Waals surface area (Å²) in [7, 11) is 3.15. The number of anilines is 2. The van der Waals surface area contributed by atoms with Gasteiger partial charge in [-0.25, -0.2) is 9.97 Å². The van der Waals surface area contributed by atoms with Crippen LogP contribution in [0.4, 0.5) is 11.5 Å². The number of methoxy groups -OCH3 is 2. The van der Waals surface area contributed by atoms with E-state index in [1.54, 1.807) is 73.6 Å². The second-order valence-electron chi connectivity index (χ2n) is 7.42. The molecule has 0 unspecified atom stereocenters. The number of ether oxygens (including phenoxy) is 3. The summed E-state index contributed by atoms with van der Waals surface area (Å²) < 4.78 is 23.7. The Balaban J connectivity index is 1.36. The van der Waals surface area contributed by atoms with Crippen LogP contribution in [0.15, 0.2) is 65.7 Å². The Labute approximate surface area is 215 Å². The molecule has 0 amide bonds. The SMILES string of the molecule is COc1cc[n+](-c2nc(COc3cc4ncnc(Nc5ccc(Cl)c(Cl)c5)c4cc3OC)no2)cc1. The molecule has 0 bridgehead atoms. The number of fused-ring (bicyclic) bond motifs is 1. The largest absolute Gasteiger partial charge is 0.531 e. The molecule has 5 rings (SSSR count). The van der Waals surface area contributed by atoms with E-state index in [4.69, 9.17) is 41.9 Å². The zero-order valence-corrected chi connectivity index (χ0v) is 20.6. The fourth-order valence-electron chi connectivity index (χ4n) is 3.37. The van der Waals surface area contributed by atoms with Crippen molar-refractivity contribution in [2.45, 2.75) is 6.61 Å². The van der Waals surface area contributed by atoms with Crippen LogP contribution in [0.5, 0.6) is 17.2 Å². The predicted octanol–water partition coefficient (Wildman–Crippen LogP) is 4.94. The zero-order valence-electron chi connectivity index (χ0n) is 19.1. The van der Waals surface area contributed by atoms with E-state index in [0.717, 1.165) is 16.8 Å². The molecule has 3 aromatic heterocycles. The van der Waals surface area contributed by atoms with Gasteiger partial charge in [-0.2, -0.15) is 4.57 Å². The first-order valence-electron chi connectivity index (χ1n) is 10.6. The molecule has 0 aliphatic heterocycles. The van der Waals surface area contributed by atoms with Crippen LogP contribution >= 0.6 is 23.2 Å². The second-order valence-corrected chi connectivity index (χ2v) is 8.24. The molecule has 5 aromatic rings. The van der Waals surface area contributed by atoms with Crippen molar-refractivity contribution in [1.29, 1.82) is 0 Å². The van der Waals surface area contributed by atoms with Crippen LogP contribution in [0.1, 0.15) is 5.82 Å². The van der Waals surface area contributed by atoms with E-state index in [1.807, 2.05) is 0 Å². The van der Waals surface area contributed by atoms with Crippen LogP contribution in [0.2, 0.25) is 10.0 Å². The summed E-state index contributed by atoms with van der Waals surface area (Å²) in [6.07, 6.45) is 4.97. The lowest BCUT2D eigenvalue weighted by molar-refractivity contribution is -0.614. The molecule has 1 N–H and O–H groups in total. The molecule has 0 fully saturated rings. The molecule has 0 aliphatic rings. The average molecular weight is 526 g/mol. The normalized spacial score (nSPS) is 10.9. The molecule has 3 heterocycles. The minimum Gasteiger partial charge on any atom is -0.496 e. The zero-order chi connectivity index (χ0) is 25.1. The summed E-state index contributed by atoms with van der Waals surface area (Å²) >= 11 is 12.2. The molecule has 0 saturated heterocycles. The van der Waals surface area contributed by atoms with Gasteiger partial charge >= 0.3 is 11.8 Å². The number of aromatic nitrogens is 5. The van der Waals surface area contributed by atoms with Crippen LogP contribution < -0.4 is 24.1 Å². The number of hydrogen-bond donors (Lipinski definition) is 1.